The molecule has 1 aromatic carbocycles. The lowest BCUT2D eigenvalue weighted by Gasteiger charge is -2.12. The molecule has 6 nitrogen and oxygen atoms in total. The highest BCUT2D eigenvalue weighted by Gasteiger charge is 2.27. The molecule has 12 heteroatoms. The average molecular weight is 468 g/mol. The zero-order chi connectivity index (χ0) is 20.1. The van der Waals surface area contributed by atoms with E-state index in [4.69, 9.17) is 10.5 Å². The van der Waals surface area contributed by atoms with Crippen molar-refractivity contribution in [3.63, 3.8) is 0 Å². The van der Waals surface area contributed by atoms with Gasteiger partial charge in [-0.05, 0) is 51.9 Å². The second-order valence-electron chi connectivity index (χ2n) is 5.15. The first-order chi connectivity index (χ1) is 12.7. The molecule has 2 aromatic rings. The van der Waals surface area contributed by atoms with Gasteiger partial charge in [-0.1, -0.05) is 0 Å². The number of thiocarbonyl (C=S) groups is 1. The number of halogens is 5. The van der Waals surface area contributed by atoms with Crippen LogP contribution in [0.25, 0.3) is 0 Å². The van der Waals surface area contributed by atoms with Gasteiger partial charge in [0.15, 0.2) is 5.11 Å². The Hall–Kier alpha value is -2.21. The van der Waals surface area contributed by atoms with Crippen molar-refractivity contribution in [2.75, 3.05) is 7.11 Å². The summed E-state index contributed by atoms with van der Waals surface area (Å²) in [5, 5.41) is 7.40. The summed E-state index contributed by atoms with van der Waals surface area (Å²) in [4.78, 5) is 0. The minimum absolute atomic E-state index is 0.0255. The predicted molar refractivity (Wildman–Crippen MR) is 99.5 cm³/mol. The number of aromatic nitrogens is 2. The summed E-state index contributed by atoms with van der Waals surface area (Å²) in [6.45, 7) is -0.210. The number of hydrogen-bond donors (Lipinski definition) is 2. The van der Waals surface area contributed by atoms with Crippen LogP contribution in [0.4, 0.5) is 17.6 Å². The molecule has 0 amide bonds. The van der Waals surface area contributed by atoms with Crippen molar-refractivity contribution in [2.45, 2.75) is 19.4 Å². The fourth-order valence-electron chi connectivity index (χ4n) is 2.27. The van der Waals surface area contributed by atoms with Crippen LogP contribution in [-0.2, 0) is 6.54 Å². The Morgan fingerprint density at radius 1 is 1.41 bits per heavy atom. The van der Waals surface area contributed by atoms with Gasteiger partial charge in [0, 0.05) is 5.56 Å². The van der Waals surface area contributed by atoms with Crippen LogP contribution < -0.4 is 15.9 Å². The number of nitrogens with two attached hydrogens (primary N) is 1. The Morgan fingerprint density at radius 2 is 2.11 bits per heavy atom. The van der Waals surface area contributed by atoms with Crippen molar-refractivity contribution in [2.24, 2.45) is 10.8 Å². The molecule has 0 unspecified atom stereocenters. The van der Waals surface area contributed by atoms with Gasteiger partial charge in [0.2, 0.25) is 0 Å². The third-order valence-electron chi connectivity index (χ3n) is 3.38. The Morgan fingerprint density at radius 3 is 2.67 bits per heavy atom. The molecule has 0 fully saturated rings. The van der Waals surface area contributed by atoms with Gasteiger partial charge in [0.25, 0.3) is 12.9 Å². The quantitative estimate of drug-likeness (QED) is 0.280. The molecule has 0 aliphatic carbocycles. The summed E-state index contributed by atoms with van der Waals surface area (Å²) >= 11 is 7.41. The summed E-state index contributed by atoms with van der Waals surface area (Å²) in [7, 11) is 1.40. The standard InChI is InChI=1S/C15H14BrF4N5OS/c1-26-9-3-2-7(5-22-23-15(21)27)4-8(9)6-25-12(14(19)20)10(16)11(24-25)13(17)18/h2-5,13-14H,6H2,1H3,(H3,21,23,27). The Kier molecular flexibility index (Phi) is 7.13. The second-order valence-corrected chi connectivity index (χ2v) is 6.38. The SMILES string of the molecule is COc1ccc(C=NNC(N)=S)cc1Cn1nc(C(F)F)c(Br)c1C(F)F. The predicted octanol–water partition coefficient (Wildman–Crippen LogP) is 3.74. The van der Waals surface area contributed by atoms with E-state index in [2.05, 4.69) is 43.8 Å². The van der Waals surface area contributed by atoms with E-state index in [0.29, 0.717) is 16.9 Å². The molecule has 0 saturated heterocycles. The fraction of sp³-hybridized carbons (Fsp3) is 0.267. The number of hydrazone groups is 1. The number of alkyl halides is 4. The molecule has 27 heavy (non-hydrogen) atoms. The van der Waals surface area contributed by atoms with E-state index < -0.39 is 28.7 Å². The van der Waals surface area contributed by atoms with E-state index in [1.807, 2.05) is 0 Å². The van der Waals surface area contributed by atoms with Crippen LogP contribution >= 0.6 is 28.1 Å². The summed E-state index contributed by atoms with van der Waals surface area (Å²) in [6.07, 6.45) is -4.59. The van der Waals surface area contributed by atoms with Crippen LogP contribution in [0.1, 0.15) is 35.4 Å². The van der Waals surface area contributed by atoms with E-state index in [1.165, 1.54) is 13.3 Å². The Labute approximate surface area is 165 Å². The summed E-state index contributed by atoms with van der Waals surface area (Å²) in [5.41, 5.74) is 7.27. The zero-order valence-electron chi connectivity index (χ0n) is 13.8. The molecule has 3 N–H and O–H groups in total. The number of hydrogen-bond acceptors (Lipinski definition) is 4. The van der Waals surface area contributed by atoms with Gasteiger partial charge in [0.05, 0.1) is 24.3 Å². The van der Waals surface area contributed by atoms with Crippen LogP contribution in [-0.4, -0.2) is 28.2 Å². The topological polar surface area (TPSA) is 77.5 Å². The summed E-state index contributed by atoms with van der Waals surface area (Å²) in [5.74, 6) is 0.375. The van der Waals surface area contributed by atoms with Crippen LogP contribution in [0.15, 0.2) is 27.8 Å². The first-order valence-corrected chi connectivity index (χ1v) is 8.52. The smallest absolute Gasteiger partial charge is 0.283 e. The highest BCUT2D eigenvalue weighted by molar-refractivity contribution is 9.10. The Balaban J connectivity index is 2.42. The molecule has 146 valence electrons. The van der Waals surface area contributed by atoms with Gasteiger partial charge in [-0.2, -0.15) is 10.2 Å². The van der Waals surface area contributed by atoms with Crippen molar-refractivity contribution < 1.29 is 22.3 Å². The lowest BCUT2D eigenvalue weighted by atomic mass is 10.1. The van der Waals surface area contributed by atoms with Crippen molar-refractivity contribution in [3.05, 3.63) is 45.2 Å². The molecular weight excluding hydrogens is 454 g/mol. The minimum Gasteiger partial charge on any atom is -0.496 e. The molecule has 0 aliphatic heterocycles. The molecule has 0 aliphatic rings. The number of methoxy groups -OCH3 is 1. The second kappa shape index (κ2) is 9.13. The maximum atomic E-state index is 13.4. The number of rotatable bonds is 7. The largest absolute Gasteiger partial charge is 0.496 e. The molecular formula is C15H14BrF4N5OS. The number of benzene rings is 1. The third-order valence-corrected chi connectivity index (χ3v) is 4.29. The van der Waals surface area contributed by atoms with E-state index in [1.54, 1.807) is 18.2 Å². The summed E-state index contributed by atoms with van der Waals surface area (Å²) < 4.78 is 58.4. The normalized spacial score (nSPS) is 11.6. The van der Waals surface area contributed by atoms with Crippen molar-refractivity contribution in [1.29, 1.82) is 0 Å². The fourth-order valence-corrected chi connectivity index (χ4v) is 2.96. The van der Waals surface area contributed by atoms with E-state index in [9.17, 15) is 17.6 Å². The maximum absolute atomic E-state index is 13.4. The highest BCUT2D eigenvalue weighted by atomic mass is 79.9. The minimum atomic E-state index is -3.00. The van der Waals surface area contributed by atoms with E-state index in [-0.39, 0.29) is 11.7 Å². The van der Waals surface area contributed by atoms with Crippen molar-refractivity contribution in [3.8, 4) is 5.75 Å². The van der Waals surface area contributed by atoms with E-state index in [0.717, 1.165) is 4.68 Å². The third kappa shape index (κ3) is 5.16. The maximum Gasteiger partial charge on any atom is 0.283 e. The molecule has 0 bridgehead atoms. The van der Waals surface area contributed by atoms with Crippen molar-refractivity contribution >= 4 is 39.5 Å². The van der Waals surface area contributed by atoms with Crippen LogP contribution in [0.5, 0.6) is 5.75 Å². The van der Waals surface area contributed by atoms with E-state index >= 15 is 0 Å². The average Bonchev–Trinajstić information content (AvgIpc) is 2.91. The first kappa shape index (κ1) is 21.1. The zero-order valence-corrected chi connectivity index (χ0v) is 16.2. The molecule has 0 spiro atoms. The molecule has 0 saturated carbocycles. The number of ether oxygens (including phenoxy) is 1. The van der Waals surface area contributed by atoms with Gasteiger partial charge >= 0.3 is 0 Å². The lowest BCUT2D eigenvalue weighted by Crippen LogP contribution is -2.24. The Bertz CT molecular complexity index is 859. The van der Waals surface area contributed by atoms with Crippen molar-refractivity contribution in [1.82, 2.24) is 15.2 Å². The molecule has 0 atom stereocenters. The number of nitrogens with zero attached hydrogens (tertiary/aromatic N) is 3. The van der Waals surface area contributed by atoms with Gasteiger partial charge < -0.3 is 10.5 Å². The monoisotopic (exact) mass is 467 g/mol. The molecule has 0 radical (unpaired) electrons. The van der Waals surface area contributed by atoms with Crippen LogP contribution in [0, 0.1) is 0 Å². The van der Waals surface area contributed by atoms with Gasteiger partial charge in [-0.3, -0.25) is 10.1 Å². The molecule has 2 rings (SSSR count). The molecule has 1 heterocycles. The number of nitrogens with one attached hydrogen (secondary N) is 1. The highest BCUT2D eigenvalue weighted by Crippen LogP contribution is 2.35. The van der Waals surface area contributed by atoms with Crippen LogP contribution in [0.2, 0.25) is 0 Å². The first-order valence-electron chi connectivity index (χ1n) is 7.32. The molecule has 1 aromatic heterocycles. The van der Waals surface area contributed by atoms with Gasteiger partial charge in [-0.25, -0.2) is 17.6 Å². The lowest BCUT2D eigenvalue weighted by molar-refractivity contribution is 0.139. The summed E-state index contributed by atoms with van der Waals surface area (Å²) in [6, 6.07) is 4.84. The van der Waals surface area contributed by atoms with Gasteiger partial charge in [0.1, 0.15) is 17.1 Å². The van der Waals surface area contributed by atoms with Crippen LogP contribution in [0.3, 0.4) is 0 Å². The van der Waals surface area contributed by atoms with Gasteiger partial charge in [-0.15, -0.1) is 0 Å².